The number of hydrogen-bond donors (Lipinski definition) is 1. The fraction of sp³-hybridized carbons (Fsp3) is 0.556. The molecule has 0 spiro atoms. The molecule has 0 aromatic carbocycles. The zero-order chi connectivity index (χ0) is 7.68. The molecule has 1 aliphatic heterocycles. The molecular formula is C9H14N2. The lowest BCUT2D eigenvalue weighted by Gasteiger charge is -2.25. The summed E-state index contributed by atoms with van der Waals surface area (Å²) in [5.41, 5.74) is 1.44. The summed E-state index contributed by atoms with van der Waals surface area (Å²) in [7, 11) is 0. The summed E-state index contributed by atoms with van der Waals surface area (Å²) in [6.07, 6.45) is 3.35. The Morgan fingerprint density at radius 2 is 2.64 bits per heavy atom. The monoisotopic (exact) mass is 150 g/mol. The highest BCUT2D eigenvalue weighted by Gasteiger charge is 2.16. The van der Waals surface area contributed by atoms with Gasteiger partial charge in [-0.2, -0.15) is 0 Å². The molecule has 1 atom stereocenters. The van der Waals surface area contributed by atoms with Crippen molar-refractivity contribution in [3.8, 4) is 0 Å². The molecule has 1 aromatic heterocycles. The van der Waals surface area contributed by atoms with E-state index in [9.17, 15) is 0 Å². The van der Waals surface area contributed by atoms with Gasteiger partial charge < -0.3 is 9.88 Å². The van der Waals surface area contributed by atoms with E-state index in [0.717, 1.165) is 13.1 Å². The minimum atomic E-state index is 0.582. The molecule has 2 heteroatoms. The summed E-state index contributed by atoms with van der Waals surface area (Å²) in [6, 6.07) is 4.92. The van der Waals surface area contributed by atoms with E-state index in [-0.39, 0.29) is 0 Å². The van der Waals surface area contributed by atoms with Crippen LogP contribution in [-0.4, -0.2) is 11.1 Å². The van der Waals surface area contributed by atoms with Gasteiger partial charge in [0.05, 0.1) is 0 Å². The fourth-order valence-corrected chi connectivity index (χ4v) is 1.76. The third kappa shape index (κ3) is 1.07. The Labute approximate surface area is 67.2 Å². The highest BCUT2D eigenvalue weighted by molar-refractivity contribution is 5.13. The van der Waals surface area contributed by atoms with Crippen LogP contribution in [0.2, 0.25) is 0 Å². The Kier molecular flexibility index (Phi) is 1.70. The topological polar surface area (TPSA) is 17.0 Å². The average molecular weight is 150 g/mol. The van der Waals surface area contributed by atoms with E-state index in [2.05, 4.69) is 35.1 Å². The Bertz CT molecular complexity index is 239. The third-order valence-corrected chi connectivity index (χ3v) is 2.37. The molecular weight excluding hydrogens is 136 g/mol. The zero-order valence-corrected chi connectivity index (χ0v) is 6.88. The van der Waals surface area contributed by atoms with Crippen molar-refractivity contribution in [2.45, 2.75) is 25.9 Å². The molecule has 0 amide bonds. The molecule has 0 fully saturated rings. The number of rotatable bonds is 1. The van der Waals surface area contributed by atoms with Gasteiger partial charge in [0.25, 0.3) is 0 Å². The van der Waals surface area contributed by atoms with E-state index in [1.54, 1.807) is 0 Å². The smallest absolute Gasteiger partial charge is 0.0472 e. The Balaban J connectivity index is 2.32. The normalized spacial score (nSPS) is 23.2. The minimum absolute atomic E-state index is 0.582. The Morgan fingerprint density at radius 3 is 3.45 bits per heavy atom. The summed E-state index contributed by atoms with van der Waals surface area (Å²) in [5.74, 6) is 0. The molecule has 60 valence electrons. The largest absolute Gasteiger partial charge is 0.349 e. The Morgan fingerprint density at radius 1 is 1.73 bits per heavy atom. The van der Waals surface area contributed by atoms with Gasteiger partial charge in [0.1, 0.15) is 0 Å². The van der Waals surface area contributed by atoms with Crippen molar-refractivity contribution in [1.82, 2.24) is 9.88 Å². The van der Waals surface area contributed by atoms with Crippen molar-refractivity contribution >= 4 is 0 Å². The number of hydrogen-bond acceptors (Lipinski definition) is 1. The minimum Gasteiger partial charge on any atom is -0.349 e. The quantitative estimate of drug-likeness (QED) is 0.642. The molecule has 1 N–H and O–H groups in total. The predicted molar refractivity (Wildman–Crippen MR) is 45.5 cm³/mol. The van der Waals surface area contributed by atoms with E-state index in [1.807, 2.05) is 0 Å². The summed E-state index contributed by atoms with van der Waals surface area (Å²) in [6.45, 7) is 4.46. The summed E-state index contributed by atoms with van der Waals surface area (Å²) in [4.78, 5) is 0. The third-order valence-electron chi connectivity index (χ3n) is 2.37. The highest BCUT2D eigenvalue weighted by atomic mass is 15.1. The van der Waals surface area contributed by atoms with Gasteiger partial charge in [-0.15, -0.1) is 0 Å². The van der Waals surface area contributed by atoms with Gasteiger partial charge >= 0.3 is 0 Å². The average Bonchev–Trinajstić information content (AvgIpc) is 2.50. The molecule has 1 aromatic rings. The number of aromatic nitrogens is 1. The van der Waals surface area contributed by atoms with E-state index < -0.39 is 0 Å². The molecule has 2 nitrogen and oxygen atoms in total. The molecule has 0 saturated heterocycles. The lowest BCUT2D eigenvalue weighted by molar-refractivity contribution is 0.417. The molecule has 2 rings (SSSR count). The van der Waals surface area contributed by atoms with Gasteiger partial charge in [0, 0.05) is 31.0 Å². The SMILES string of the molecule is CC[C@@H]1NCCn2cccc21. The number of nitrogens with zero attached hydrogens (tertiary/aromatic N) is 1. The summed E-state index contributed by atoms with van der Waals surface area (Å²) >= 11 is 0. The van der Waals surface area contributed by atoms with Crippen LogP contribution in [0.15, 0.2) is 18.3 Å². The van der Waals surface area contributed by atoms with E-state index in [4.69, 9.17) is 0 Å². The maximum Gasteiger partial charge on any atom is 0.0472 e. The summed E-state index contributed by atoms with van der Waals surface area (Å²) in [5, 5.41) is 3.49. The van der Waals surface area contributed by atoms with Gasteiger partial charge in [-0.05, 0) is 18.6 Å². The molecule has 0 aliphatic carbocycles. The van der Waals surface area contributed by atoms with Gasteiger partial charge in [0.15, 0.2) is 0 Å². The van der Waals surface area contributed by atoms with Crippen molar-refractivity contribution in [2.24, 2.45) is 0 Å². The molecule has 2 heterocycles. The molecule has 0 saturated carbocycles. The molecule has 1 aliphatic rings. The zero-order valence-electron chi connectivity index (χ0n) is 6.88. The van der Waals surface area contributed by atoms with Gasteiger partial charge in [0.2, 0.25) is 0 Å². The molecule has 11 heavy (non-hydrogen) atoms. The first-order valence-electron chi connectivity index (χ1n) is 4.30. The second-order valence-electron chi connectivity index (χ2n) is 3.04. The lowest BCUT2D eigenvalue weighted by atomic mass is 10.1. The second-order valence-corrected chi connectivity index (χ2v) is 3.04. The van der Waals surface area contributed by atoms with Crippen molar-refractivity contribution < 1.29 is 0 Å². The van der Waals surface area contributed by atoms with Crippen LogP contribution in [0.3, 0.4) is 0 Å². The fourth-order valence-electron chi connectivity index (χ4n) is 1.76. The number of nitrogens with one attached hydrogen (secondary N) is 1. The van der Waals surface area contributed by atoms with Crippen LogP contribution in [0.25, 0.3) is 0 Å². The van der Waals surface area contributed by atoms with E-state index >= 15 is 0 Å². The first-order valence-corrected chi connectivity index (χ1v) is 4.30. The second kappa shape index (κ2) is 2.70. The van der Waals surface area contributed by atoms with Gasteiger partial charge in [-0.3, -0.25) is 0 Å². The molecule has 0 unspecified atom stereocenters. The van der Waals surface area contributed by atoms with Crippen LogP contribution < -0.4 is 5.32 Å². The van der Waals surface area contributed by atoms with E-state index in [0.29, 0.717) is 6.04 Å². The first-order chi connectivity index (χ1) is 5.42. The molecule has 0 radical (unpaired) electrons. The number of fused-ring (bicyclic) bond motifs is 1. The van der Waals surface area contributed by atoms with Crippen molar-refractivity contribution in [1.29, 1.82) is 0 Å². The van der Waals surface area contributed by atoms with Crippen molar-refractivity contribution in [2.75, 3.05) is 6.54 Å². The van der Waals surface area contributed by atoms with Crippen molar-refractivity contribution in [3.63, 3.8) is 0 Å². The standard InChI is InChI=1S/C9H14N2/c1-2-8-9-4-3-6-11(9)7-5-10-8/h3-4,6,8,10H,2,5,7H2,1H3/t8-/m0/s1. The van der Waals surface area contributed by atoms with Crippen LogP contribution in [-0.2, 0) is 6.54 Å². The first kappa shape index (κ1) is 6.92. The van der Waals surface area contributed by atoms with Gasteiger partial charge in [-0.25, -0.2) is 0 Å². The van der Waals surface area contributed by atoms with Crippen LogP contribution >= 0.6 is 0 Å². The summed E-state index contributed by atoms with van der Waals surface area (Å²) < 4.78 is 2.34. The van der Waals surface area contributed by atoms with Crippen molar-refractivity contribution in [3.05, 3.63) is 24.0 Å². The maximum absolute atomic E-state index is 3.49. The van der Waals surface area contributed by atoms with E-state index in [1.165, 1.54) is 12.1 Å². The van der Waals surface area contributed by atoms with Crippen LogP contribution in [0.4, 0.5) is 0 Å². The van der Waals surface area contributed by atoms with Crippen LogP contribution in [0.1, 0.15) is 25.1 Å². The maximum atomic E-state index is 3.49. The van der Waals surface area contributed by atoms with Gasteiger partial charge in [-0.1, -0.05) is 6.92 Å². The predicted octanol–water partition coefficient (Wildman–Crippen LogP) is 1.54. The highest BCUT2D eigenvalue weighted by Crippen LogP contribution is 2.19. The Hall–Kier alpha value is -0.760. The van der Waals surface area contributed by atoms with Crippen LogP contribution in [0.5, 0.6) is 0 Å². The molecule has 0 bridgehead atoms. The van der Waals surface area contributed by atoms with Crippen LogP contribution in [0, 0.1) is 0 Å². The lowest BCUT2D eigenvalue weighted by Crippen LogP contribution is -2.32.